The maximum Gasteiger partial charge on any atom is 0.339 e. The van der Waals surface area contributed by atoms with Crippen LogP contribution in [0.5, 0.6) is 0 Å². The monoisotopic (exact) mass is 378 g/mol. The van der Waals surface area contributed by atoms with Gasteiger partial charge in [-0.25, -0.2) is 4.79 Å². The van der Waals surface area contributed by atoms with Crippen LogP contribution in [0.2, 0.25) is 0 Å². The summed E-state index contributed by atoms with van der Waals surface area (Å²) in [5.74, 6) is -0.397. The normalized spacial score (nSPS) is 10.8. The number of nitrogens with zero attached hydrogens (tertiary/aromatic N) is 2. The number of fused-ring (bicyclic) bond motifs is 1. The van der Waals surface area contributed by atoms with E-state index in [1.54, 1.807) is 12.1 Å². The summed E-state index contributed by atoms with van der Waals surface area (Å²) in [6.45, 7) is 4.15. The number of nitro benzene ring substituents is 1. The zero-order valence-electron chi connectivity index (χ0n) is 16.0. The van der Waals surface area contributed by atoms with Crippen molar-refractivity contribution in [3.63, 3.8) is 0 Å². The number of carbonyl (C=O) groups excluding carboxylic acids is 1. The minimum Gasteiger partial charge on any atom is -0.457 e. The number of ether oxygens (including phenoxy) is 1. The number of pyridine rings is 1. The fraction of sp³-hybridized carbons (Fsp3) is 0.273. The molecule has 0 fully saturated rings. The third-order valence-electron chi connectivity index (χ3n) is 4.64. The number of carbonyl (C=O) groups is 1. The van der Waals surface area contributed by atoms with E-state index in [9.17, 15) is 14.9 Å². The number of benzene rings is 2. The predicted octanol–water partition coefficient (Wildman–Crippen LogP) is 5.01. The lowest BCUT2D eigenvalue weighted by Gasteiger charge is -2.15. The van der Waals surface area contributed by atoms with Gasteiger partial charge in [0.25, 0.3) is 5.69 Å². The van der Waals surface area contributed by atoms with Crippen LogP contribution >= 0.6 is 0 Å². The third-order valence-corrected chi connectivity index (χ3v) is 4.64. The topological polar surface area (TPSA) is 82.3 Å². The maximum atomic E-state index is 13.0. The minimum atomic E-state index is -0.457. The van der Waals surface area contributed by atoms with Crippen molar-refractivity contribution in [1.29, 1.82) is 0 Å². The zero-order valence-corrected chi connectivity index (χ0v) is 16.0. The highest BCUT2D eigenvalue weighted by Crippen LogP contribution is 2.26. The lowest BCUT2D eigenvalue weighted by atomic mass is 9.96. The van der Waals surface area contributed by atoms with Gasteiger partial charge in [0.2, 0.25) is 0 Å². The Hall–Kier alpha value is -3.28. The molecule has 0 saturated carbocycles. The molecule has 0 radical (unpaired) electrons. The van der Waals surface area contributed by atoms with E-state index in [1.165, 1.54) is 12.1 Å². The van der Waals surface area contributed by atoms with Gasteiger partial charge < -0.3 is 4.74 Å². The average molecular weight is 378 g/mol. The smallest absolute Gasteiger partial charge is 0.339 e. The molecule has 6 nitrogen and oxygen atoms in total. The van der Waals surface area contributed by atoms with Crippen molar-refractivity contribution in [3.8, 4) is 0 Å². The summed E-state index contributed by atoms with van der Waals surface area (Å²) < 4.78 is 5.56. The molecule has 2 aromatic carbocycles. The molecule has 3 rings (SSSR count). The van der Waals surface area contributed by atoms with E-state index in [0.717, 1.165) is 35.0 Å². The maximum absolute atomic E-state index is 13.0. The summed E-state index contributed by atoms with van der Waals surface area (Å²) in [6, 6.07) is 13.6. The van der Waals surface area contributed by atoms with Gasteiger partial charge in [-0.2, -0.15) is 0 Å². The van der Waals surface area contributed by atoms with Crippen molar-refractivity contribution in [2.75, 3.05) is 0 Å². The van der Waals surface area contributed by atoms with Crippen LogP contribution in [-0.2, 0) is 24.2 Å². The van der Waals surface area contributed by atoms with Crippen molar-refractivity contribution in [2.24, 2.45) is 0 Å². The van der Waals surface area contributed by atoms with Gasteiger partial charge in [-0.05, 0) is 42.2 Å². The van der Waals surface area contributed by atoms with Crippen molar-refractivity contribution in [2.45, 2.75) is 39.7 Å². The van der Waals surface area contributed by atoms with E-state index in [-0.39, 0.29) is 12.3 Å². The molecule has 3 aromatic rings. The second kappa shape index (κ2) is 8.61. The van der Waals surface area contributed by atoms with Gasteiger partial charge in [-0.1, -0.05) is 38.5 Å². The van der Waals surface area contributed by atoms with Crippen LogP contribution in [0.25, 0.3) is 10.9 Å². The molecule has 0 unspecified atom stereocenters. The van der Waals surface area contributed by atoms with Gasteiger partial charge in [-0.3, -0.25) is 15.1 Å². The molecule has 0 bridgehead atoms. The Morgan fingerprint density at radius 2 is 1.82 bits per heavy atom. The number of aryl methyl sites for hydroxylation is 1. The van der Waals surface area contributed by atoms with Crippen LogP contribution in [0.15, 0.2) is 48.5 Å². The minimum absolute atomic E-state index is 0.00711. The number of aromatic nitrogens is 1. The van der Waals surface area contributed by atoms with Crippen molar-refractivity contribution >= 4 is 22.6 Å². The van der Waals surface area contributed by atoms with Gasteiger partial charge in [0.1, 0.15) is 6.61 Å². The van der Waals surface area contributed by atoms with Crippen LogP contribution in [0.3, 0.4) is 0 Å². The van der Waals surface area contributed by atoms with E-state index in [4.69, 9.17) is 9.72 Å². The van der Waals surface area contributed by atoms with Crippen LogP contribution in [0.4, 0.5) is 5.69 Å². The average Bonchev–Trinajstić information content (AvgIpc) is 2.71. The van der Waals surface area contributed by atoms with Crippen molar-refractivity contribution in [1.82, 2.24) is 4.98 Å². The number of esters is 1. The molecule has 0 aliphatic heterocycles. The SMILES string of the molecule is CCCc1nc2ccccc2c(C(=O)OCc2ccc([N+](=O)[O-])cc2)c1CC. The largest absolute Gasteiger partial charge is 0.457 e. The van der Waals surface area contributed by atoms with E-state index in [2.05, 4.69) is 6.92 Å². The summed E-state index contributed by atoms with van der Waals surface area (Å²) >= 11 is 0. The molecular formula is C22H22N2O4. The van der Waals surface area contributed by atoms with Crippen LogP contribution in [0, 0.1) is 10.1 Å². The number of para-hydroxylation sites is 1. The van der Waals surface area contributed by atoms with Crippen molar-refractivity contribution < 1.29 is 14.5 Å². The summed E-state index contributed by atoms with van der Waals surface area (Å²) in [6.07, 6.45) is 2.43. The quantitative estimate of drug-likeness (QED) is 0.328. The number of hydrogen-bond donors (Lipinski definition) is 0. The molecular weight excluding hydrogens is 356 g/mol. The molecule has 0 N–H and O–H groups in total. The first-order valence-electron chi connectivity index (χ1n) is 9.36. The first-order chi connectivity index (χ1) is 13.5. The van der Waals surface area contributed by atoms with Crippen molar-refractivity contribution in [3.05, 3.63) is 81.0 Å². The molecule has 6 heteroatoms. The number of hydrogen-bond acceptors (Lipinski definition) is 5. The molecule has 0 aliphatic carbocycles. The Bertz CT molecular complexity index is 1010. The van der Waals surface area contributed by atoms with E-state index in [0.29, 0.717) is 17.5 Å². The molecule has 0 amide bonds. The summed E-state index contributed by atoms with van der Waals surface area (Å²) in [4.78, 5) is 28.0. The molecule has 0 spiro atoms. The Kier molecular flexibility index (Phi) is 5.99. The van der Waals surface area contributed by atoms with Gasteiger partial charge >= 0.3 is 5.97 Å². The highest BCUT2D eigenvalue weighted by atomic mass is 16.6. The van der Waals surface area contributed by atoms with E-state index < -0.39 is 10.9 Å². The summed E-state index contributed by atoms with van der Waals surface area (Å²) in [7, 11) is 0. The highest BCUT2D eigenvalue weighted by molar-refractivity contribution is 6.05. The molecule has 1 heterocycles. The number of rotatable bonds is 7. The highest BCUT2D eigenvalue weighted by Gasteiger charge is 2.20. The molecule has 0 atom stereocenters. The standard InChI is InChI=1S/C22H22N2O4/c1-3-7-19-17(4-2)21(18-8-5-6-9-20(18)23-19)22(25)28-14-15-10-12-16(13-11-15)24(26)27/h5-6,8-13H,3-4,7,14H2,1-2H3. The Labute approximate surface area is 163 Å². The predicted molar refractivity (Wildman–Crippen MR) is 107 cm³/mol. The van der Waals surface area contributed by atoms with Crippen LogP contribution in [-0.4, -0.2) is 15.9 Å². The molecule has 1 aromatic heterocycles. The first kappa shape index (κ1) is 19.5. The molecule has 0 aliphatic rings. The van der Waals surface area contributed by atoms with Crippen LogP contribution in [0.1, 0.15) is 47.4 Å². The fourth-order valence-corrected chi connectivity index (χ4v) is 3.29. The van der Waals surface area contributed by atoms with Gasteiger partial charge in [-0.15, -0.1) is 0 Å². The molecule has 144 valence electrons. The molecule has 0 saturated heterocycles. The van der Waals surface area contributed by atoms with Gasteiger partial charge in [0, 0.05) is 23.2 Å². The fourth-order valence-electron chi connectivity index (χ4n) is 3.29. The first-order valence-corrected chi connectivity index (χ1v) is 9.36. The third kappa shape index (κ3) is 4.01. The Balaban J connectivity index is 1.92. The van der Waals surface area contributed by atoms with E-state index >= 15 is 0 Å². The lowest BCUT2D eigenvalue weighted by molar-refractivity contribution is -0.384. The zero-order chi connectivity index (χ0) is 20.1. The lowest BCUT2D eigenvalue weighted by Crippen LogP contribution is -2.12. The number of nitro groups is 1. The summed E-state index contributed by atoms with van der Waals surface area (Å²) in [5.41, 5.74) is 3.92. The Morgan fingerprint density at radius 3 is 2.46 bits per heavy atom. The van der Waals surface area contributed by atoms with Gasteiger partial charge in [0.05, 0.1) is 16.0 Å². The van der Waals surface area contributed by atoms with Gasteiger partial charge in [0.15, 0.2) is 0 Å². The second-order valence-corrected chi connectivity index (χ2v) is 6.53. The van der Waals surface area contributed by atoms with Crippen LogP contribution < -0.4 is 0 Å². The second-order valence-electron chi connectivity index (χ2n) is 6.53. The molecule has 28 heavy (non-hydrogen) atoms. The Morgan fingerprint density at radius 1 is 1.11 bits per heavy atom. The van der Waals surface area contributed by atoms with E-state index in [1.807, 2.05) is 31.2 Å². The summed E-state index contributed by atoms with van der Waals surface area (Å²) in [5, 5.41) is 11.5. The number of non-ortho nitro benzene ring substituents is 1.